The molecule has 1 aromatic rings. The minimum atomic E-state index is -0.389. The minimum absolute atomic E-state index is 0.123. The average Bonchev–Trinajstić information content (AvgIpc) is 2.62. The summed E-state index contributed by atoms with van der Waals surface area (Å²) in [5, 5.41) is 0. The van der Waals surface area contributed by atoms with E-state index in [1.165, 1.54) is 0 Å². The Morgan fingerprint density at radius 1 is 1.33 bits per heavy atom. The summed E-state index contributed by atoms with van der Waals surface area (Å²) >= 11 is 1.76. The van der Waals surface area contributed by atoms with Gasteiger partial charge in [-0.1, -0.05) is 18.2 Å². The van der Waals surface area contributed by atoms with Crippen LogP contribution in [0.15, 0.2) is 30.3 Å². The van der Waals surface area contributed by atoms with Crippen LogP contribution in [0.5, 0.6) is 0 Å². The van der Waals surface area contributed by atoms with E-state index in [1.807, 2.05) is 37.3 Å². The molecule has 4 rings (SSSR count). The Balaban J connectivity index is 1.74. The zero-order valence-electron chi connectivity index (χ0n) is 14.6. The van der Waals surface area contributed by atoms with Crippen molar-refractivity contribution in [2.24, 2.45) is 5.92 Å². The van der Waals surface area contributed by atoms with Crippen molar-refractivity contribution >= 4 is 17.7 Å². The molecule has 24 heavy (non-hydrogen) atoms. The third kappa shape index (κ3) is 3.95. The van der Waals surface area contributed by atoms with Crippen LogP contribution >= 0.6 is 11.8 Å². The number of rotatable bonds is 7. The molecule has 0 radical (unpaired) electrons. The molecule has 0 N–H and O–H groups in total. The van der Waals surface area contributed by atoms with E-state index in [-0.39, 0.29) is 17.0 Å². The van der Waals surface area contributed by atoms with Gasteiger partial charge in [0.05, 0.1) is 5.56 Å². The summed E-state index contributed by atoms with van der Waals surface area (Å²) in [5.74, 6) is 1.05. The number of benzene rings is 1. The van der Waals surface area contributed by atoms with E-state index in [0.29, 0.717) is 18.1 Å². The van der Waals surface area contributed by atoms with Gasteiger partial charge >= 0.3 is 5.97 Å². The first-order valence-electron chi connectivity index (χ1n) is 8.87. The molecule has 3 aliphatic rings. The summed E-state index contributed by atoms with van der Waals surface area (Å²) in [5.41, 5.74) is 0.369. The predicted molar refractivity (Wildman–Crippen MR) is 97.3 cm³/mol. The number of hydrogen-bond donors (Lipinski definition) is 0. The fourth-order valence-corrected chi connectivity index (χ4v) is 4.93. The number of fused-ring (bicyclic) bond motifs is 3. The number of ether oxygens (including phenoxy) is 2. The van der Waals surface area contributed by atoms with E-state index in [2.05, 4.69) is 11.8 Å². The van der Waals surface area contributed by atoms with Gasteiger partial charge in [-0.15, -0.1) is 11.8 Å². The van der Waals surface area contributed by atoms with Crippen LogP contribution in [0, 0.1) is 5.92 Å². The largest absolute Gasteiger partial charge is 0.453 e. The van der Waals surface area contributed by atoms with Crippen molar-refractivity contribution in [2.75, 3.05) is 32.0 Å². The maximum Gasteiger partial charge on any atom is 0.338 e. The van der Waals surface area contributed by atoms with Crippen LogP contribution < -0.4 is 0 Å². The fourth-order valence-electron chi connectivity index (χ4n) is 3.79. The van der Waals surface area contributed by atoms with E-state index in [9.17, 15) is 4.79 Å². The molecule has 4 nitrogen and oxygen atoms in total. The lowest BCUT2D eigenvalue weighted by Gasteiger charge is -2.52. The van der Waals surface area contributed by atoms with E-state index < -0.39 is 0 Å². The van der Waals surface area contributed by atoms with Gasteiger partial charge in [0.1, 0.15) is 11.0 Å². The summed E-state index contributed by atoms with van der Waals surface area (Å²) in [6.45, 7) is 7.89. The highest BCUT2D eigenvalue weighted by atomic mass is 32.2. The number of piperidine rings is 3. The fraction of sp³-hybridized carbons (Fsp3) is 0.632. The number of nitrogens with zero attached hydrogens (tertiary/aromatic N) is 1. The second-order valence-corrected chi connectivity index (χ2v) is 7.99. The number of thioether (sulfide) groups is 1. The van der Waals surface area contributed by atoms with Crippen molar-refractivity contribution in [3.8, 4) is 0 Å². The van der Waals surface area contributed by atoms with Gasteiger partial charge in [-0.25, -0.2) is 4.79 Å². The SMILES string of the molecule is CCO[C@H](C)SC[C@@]1(OC(=O)c2ccccc2)CN2CCC1CC2. The van der Waals surface area contributed by atoms with Crippen molar-refractivity contribution in [3.05, 3.63) is 35.9 Å². The third-order valence-electron chi connectivity index (χ3n) is 5.09. The summed E-state index contributed by atoms with van der Waals surface area (Å²) in [6.07, 6.45) is 2.23. The Kier molecular flexibility index (Phi) is 5.85. The summed E-state index contributed by atoms with van der Waals surface area (Å²) in [7, 11) is 0. The highest BCUT2D eigenvalue weighted by Crippen LogP contribution is 2.41. The third-order valence-corrected chi connectivity index (χ3v) is 6.35. The summed E-state index contributed by atoms with van der Waals surface area (Å²) < 4.78 is 11.8. The highest BCUT2D eigenvalue weighted by molar-refractivity contribution is 7.99. The zero-order chi connectivity index (χ0) is 17.0. The topological polar surface area (TPSA) is 38.8 Å². The number of carbonyl (C=O) groups is 1. The van der Waals surface area contributed by atoms with E-state index in [1.54, 1.807) is 11.8 Å². The molecule has 1 aromatic carbocycles. The van der Waals surface area contributed by atoms with Crippen LogP contribution in [0.25, 0.3) is 0 Å². The maximum atomic E-state index is 12.7. The monoisotopic (exact) mass is 349 g/mol. The molecule has 132 valence electrons. The molecule has 3 saturated heterocycles. The Morgan fingerprint density at radius 3 is 2.62 bits per heavy atom. The molecule has 0 aromatic heterocycles. The lowest BCUT2D eigenvalue weighted by molar-refractivity contribution is -0.106. The van der Waals surface area contributed by atoms with E-state index in [0.717, 1.165) is 38.2 Å². The first-order valence-corrected chi connectivity index (χ1v) is 9.92. The molecule has 2 bridgehead atoms. The Bertz CT molecular complexity index is 545. The van der Waals surface area contributed by atoms with Crippen molar-refractivity contribution in [1.82, 2.24) is 4.90 Å². The van der Waals surface area contributed by atoms with Gasteiger partial charge in [-0.05, 0) is 51.9 Å². The second-order valence-electron chi connectivity index (χ2n) is 6.70. The molecule has 3 aliphatic heterocycles. The Hall–Kier alpha value is -1.04. The van der Waals surface area contributed by atoms with Crippen LogP contribution in [0.4, 0.5) is 0 Å². The van der Waals surface area contributed by atoms with Gasteiger partial charge in [-0.3, -0.25) is 4.90 Å². The normalized spacial score (nSPS) is 30.1. The van der Waals surface area contributed by atoms with E-state index >= 15 is 0 Å². The summed E-state index contributed by atoms with van der Waals surface area (Å²) in [4.78, 5) is 15.1. The van der Waals surface area contributed by atoms with Crippen molar-refractivity contribution in [1.29, 1.82) is 0 Å². The number of esters is 1. The molecule has 2 atom stereocenters. The molecular weight excluding hydrogens is 322 g/mol. The summed E-state index contributed by atoms with van der Waals surface area (Å²) in [6, 6.07) is 9.33. The van der Waals surface area contributed by atoms with Gasteiger partial charge < -0.3 is 9.47 Å². The first kappa shape index (κ1) is 17.8. The Labute approximate surface area is 148 Å². The molecule has 0 spiro atoms. The molecular formula is C19H27NO3S. The first-order chi connectivity index (χ1) is 11.6. The maximum absolute atomic E-state index is 12.7. The Morgan fingerprint density at radius 2 is 2.04 bits per heavy atom. The molecule has 0 amide bonds. The quantitative estimate of drug-likeness (QED) is 0.557. The van der Waals surface area contributed by atoms with Gasteiger partial charge in [0.2, 0.25) is 0 Å². The number of carbonyl (C=O) groups excluding carboxylic acids is 1. The lowest BCUT2D eigenvalue weighted by atomic mass is 9.76. The molecule has 0 unspecified atom stereocenters. The molecule has 3 fully saturated rings. The van der Waals surface area contributed by atoms with E-state index in [4.69, 9.17) is 9.47 Å². The van der Waals surface area contributed by atoms with Crippen molar-refractivity contribution in [3.63, 3.8) is 0 Å². The second kappa shape index (κ2) is 7.89. The average molecular weight is 349 g/mol. The lowest BCUT2D eigenvalue weighted by Crippen LogP contribution is -2.62. The van der Waals surface area contributed by atoms with Gasteiger partial charge in [-0.2, -0.15) is 0 Å². The van der Waals surface area contributed by atoms with Crippen molar-refractivity contribution < 1.29 is 14.3 Å². The van der Waals surface area contributed by atoms with Gasteiger partial charge in [0, 0.05) is 24.8 Å². The number of hydrogen-bond acceptors (Lipinski definition) is 5. The van der Waals surface area contributed by atoms with Crippen LogP contribution in [0.1, 0.15) is 37.0 Å². The molecule has 5 heteroatoms. The van der Waals surface area contributed by atoms with Crippen LogP contribution in [0.3, 0.4) is 0 Å². The molecule has 3 heterocycles. The van der Waals surface area contributed by atoms with Crippen LogP contribution in [-0.4, -0.2) is 53.9 Å². The predicted octanol–water partition coefficient (Wildman–Crippen LogP) is 3.42. The van der Waals surface area contributed by atoms with Gasteiger partial charge in [0.15, 0.2) is 0 Å². The minimum Gasteiger partial charge on any atom is -0.453 e. The van der Waals surface area contributed by atoms with Crippen LogP contribution in [0.2, 0.25) is 0 Å². The molecule has 0 aliphatic carbocycles. The standard InChI is InChI=1S/C19H27NO3S/c1-3-22-15(2)24-14-19(13-20-11-9-17(19)10-12-20)23-18(21)16-7-5-4-6-8-16/h4-8,15,17H,3,9-14H2,1-2H3/t15-,19-/m0/s1. The highest BCUT2D eigenvalue weighted by Gasteiger charge is 2.49. The smallest absolute Gasteiger partial charge is 0.338 e. The van der Waals surface area contributed by atoms with Gasteiger partial charge in [0.25, 0.3) is 0 Å². The van der Waals surface area contributed by atoms with Crippen LogP contribution in [-0.2, 0) is 9.47 Å². The molecule has 0 saturated carbocycles. The van der Waals surface area contributed by atoms with Crippen molar-refractivity contribution in [2.45, 2.75) is 37.7 Å². The zero-order valence-corrected chi connectivity index (χ0v) is 15.4.